The average Bonchev–Trinajstić information content (AvgIpc) is 3.03. The number of aromatic nitrogens is 2. The van der Waals surface area contributed by atoms with E-state index in [1.807, 2.05) is 53.3 Å². The summed E-state index contributed by atoms with van der Waals surface area (Å²) < 4.78 is 2.52. The fraction of sp³-hybridized carbons (Fsp3) is 0.0625. The van der Waals surface area contributed by atoms with Crippen LogP contribution in [0.3, 0.4) is 0 Å². The maximum Gasteiger partial charge on any atom is 0.129 e. The molecule has 0 saturated heterocycles. The van der Waals surface area contributed by atoms with Crippen molar-refractivity contribution in [3.63, 3.8) is 0 Å². The van der Waals surface area contributed by atoms with Gasteiger partial charge in [-0.2, -0.15) is 5.10 Å². The smallest absolute Gasteiger partial charge is 0.129 e. The molecular weight excluding hydrogens is 330 g/mol. The summed E-state index contributed by atoms with van der Waals surface area (Å²) >= 11 is 3.33. The minimum absolute atomic E-state index is 0.246. The molecule has 1 heterocycles. The molecule has 21 heavy (non-hydrogen) atoms. The Morgan fingerprint density at radius 1 is 1.14 bits per heavy atom. The van der Waals surface area contributed by atoms with Crippen LogP contribution in [-0.2, 0) is 6.54 Å². The molecule has 0 atom stereocenters. The summed E-state index contributed by atoms with van der Waals surface area (Å²) in [4.78, 5) is 0. The molecule has 0 unspecified atom stereocenters. The van der Waals surface area contributed by atoms with Crippen LogP contribution in [0.1, 0.15) is 5.56 Å². The Hall–Kier alpha value is -2.27. The van der Waals surface area contributed by atoms with Crippen molar-refractivity contribution in [2.45, 2.75) is 6.54 Å². The number of phenols is 1. The van der Waals surface area contributed by atoms with Crippen LogP contribution in [0.2, 0.25) is 0 Å². The van der Waals surface area contributed by atoms with Gasteiger partial charge in [0.15, 0.2) is 0 Å². The van der Waals surface area contributed by atoms with Gasteiger partial charge in [0.25, 0.3) is 0 Å². The summed E-state index contributed by atoms with van der Waals surface area (Å²) in [6.07, 6.45) is 3.67. The number of nitrogens with one attached hydrogen (secondary N) is 1. The Kier molecular flexibility index (Phi) is 3.92. The SMILES string of the molecule is Oc1ccc(CNc2ccccc2-n2cccn2)cc1Br. The number of anilines is 1. The Labute approximate surface area is 131 Å². The van der Waals surface area contributed by atoms with Crippen LogP contribution < -0.4 is 5.32 Å². The molecule has 2 aromatic carbocycles. The van der Waals surface area contributed by atoms with Gasteiger partial charge in [-0.1, -0.05) is 18.2 Å². The van der Waals surface area contributed by atoms with Crippen molar-refractivity contribution in [2.75, 3.05) is 5.32 Å². The first-order valence-corrected chi connectivity index (χ1v) is 7.33. The molecule has 0 aliphatic carbocycles. The number of halogens is 1. The lowest BCUT2D eigenvalue weighted by Gasteiger charge is -2.12. The highest BCUT2D eigenvalue weighted by Crippen LogP contribution is 2.25. The largest absolute Gasteiger partial charge is 0.507 e. The number of hydrogen-bond acceptors (Lipinski definition) is 3. The zero-order chi connectivity index (χ0) is 14.7. The van der Waals surface area contributed by atoms with Crippen LogP contribution in [0.15, 0.2) is 65.4 Å². The van der Waals surface area contributed by atoms with E-state index >= 15 is 0 Å². The Morgan fingerprint density at radius 2 is 2.00 bits per heavy atom. The van der Waals surface area contributed by atoms with Crippen molar-refractivity contribution < 1.29 is 5.11 Å². The van der Waals surface area contributed by atoms with Gasteiger partial charge >= 0.3 is 0 Å². The highest BCUT2D eigenvalue weighted by Gasteiger charge is 2.05. The van der Waals surface area contributed by atoms with Crippen molar-refractivity contribution in [2.24, 2.45) is 0 Å². The van der Waals surface area contributed by atoms with Crippen molar-refractivity contribution in [3.8, 4) is 11.4 Å². The molecule has 0 bridgehead atoms. The number of benzene rings is 2. The van der Waals surface area contributed by atoms with Crippen molar-refractivity contribution in [1.82, 2.24) is 9.78 Å². The Bertz CT molecular complexity index is 741. The lowest BCUT2D eigenvalue weighted by molar-refractivity contribution is 0.471. The van der Waals surface area contributed by atoms with Crippen LogP contribution in [0, 0.1) is 0 Å². The minimum atomic E-state index is 0.246. The minimum Gasteiger partial charge on any atom is -0.507 e. The topological polar surface area (TPSA) is 50.1 Å². The zero-order valence-electron chi connectivity index (χ0n) is 11.2. The monoisotopic (exact) mass is 343 g/mol. The number of aromatic hydroxyl groups is 1. The van der Waals surface area contributed by atoms with Crippen LogP contribution >= 0.6 is 15.9 Å². The Morgan fingerprint density at radius 3 is 2.76 bits per heavy atom. The molecule has 1 aromatic heterocycles. The molecule has 3 aromatic rings. The normalized spacial score (nSPS) is 10.5. The number of nitrogens with zero attached hydrogens (tertiary/aromatic N) is 2. The second kappa shape index (κ2) is 6.01. The van der Waals surface area contributed by atoms with Crippen LogP contribution in [0.25, 0.3) is 5.69 Å². The van der Waals surface area contributed by atoms with E-state index in [9.17, 15) is 5.11 Å². The quantitative estimate of drug-likeness (QED) is 0.753. The maximum absolute atomic E-state index is 9.52. The van der Waals surface area contributed by atoms with Gasteiger partial charge < -0.3 is 10.4 Å². The second-order valence-electron chi connectivity index (χ2n) is 4.61. The molecular formula is C16H14BrN3O. The Balaban J connectivity index is 1.81. The van der Waals surface area contributed by atoms with E-state index in [2.05, 4.69) is 26.3 Å². The summed E-state index contributed by atoms with van der Waals surface area (Å²) in [6.45, 7) is 0.664. The van der Waals surface area contributed by atoms with Gasteiger partial charge in [0.1, 0.15) is 5.75 Å². The molecule has 0 amide bonds. The predicted octanol–water partition coefficient (Wildman–Crippen LogP) is 3.95. The molecule has 106 valence electrons. The van der Waals surface area contributed by atoms with E-state index in [4.69, 9.17) is 0 Å². The molecule has 0 aliphatic rings. The first-order valence-electron chi connectivity index (χ1n) is 6.54. The number of phenolic OH excluding ortho intramolecular Hbond substituents is 1. The fourth-order valence-electron chi connectivity index (χ4n) is 2.09. The van der Waals surface area contributed by atoms with E-state index < -0.39 is 0 Å². The third-order valence-electron chi connectivity index (χ3n) is 3.15. The molecule has 0 spiro atoms. The highest BCUT2D eigenvalue weighted by molar-refractivity contribution is 9.10. The fourth-order valence-corrected chi connectivity index (χ4v) is 2.52. The molecule has 0 saturated carbocycles. The van der Waals surface area contributed by atoms with E-state index in [0.29, 0.717) is 11.0 Å². The summed E-state index contributed by atoms with van der Waals surface area (Å²) in [5.74, 6) is 0.246. The molecule has 0 aliphatic heterocycles. The van der Waals surface area contributed by atoms with Gasteiger partial charge in [-0.15, -0.1) is 0 Å². The van der Waals surface area contributed by atoms with Crippen LogP contribution in [-0.4, -0.2) is 14.9 Å². The number of hydrogen-bond donors (Lipinski definition) is 2. The lowest BCUT2D eigenvalue weighted by Crippen LogP contribution is -2.04. The van der Waals surface area contributed by atoms with Gasteiger partial charge in [-0.25, -0.2) is 4.68 Å². The van der Waals surface area contributed by atoms with Gasteiger partial charge in [-0.05, 0) is 51.8 Å². The summed E-state index contributed by atoms with van der Waals surface area (Å²) in [6, 6.07) is 15.4. The molecule has 5 heteroatoms. The average molecular weight is 344 g/mol. The van der Waals surface area contributed by atoms with E-state index in [-0.39, 0.29) is 5.75 Å². The van der Waals surface area contributed by atoms with E-state index in [1.54, 1.807) is 12.3 Å². The second-order valence-corrected chi connectivity index (χ2v) is 5.46. The van der Waals surface area contributed by atoms with Gasteiger partial charge in [0.05, 0.1) is 15.8 Å². The predicted molar refractivity (Wildman–Crippen MR) is 86.7 cm³/mol. The van der Waals surface area contributed by atoms with Crippen molar-refractivity contribution in [1.29, 1.82) is 0 Å². The number of rotatable bonds is 4. The summed E-state index contributed by atoms with van der Waals surface area (Å²) in [5.41, 5.74) is 3.08. The molecule has 0 radical (unpaired) electrons. The van der Waals surface area contributed by atoms with Crippen molar-refractivity contribution in [3.05, 3.63) is 71.0 Å². The molecule has 3 rings (SSSR count). The highest BCUT2D eigenvalue weighted by atomic mass is 79.9. The standard InChI is InChI=1S/C16H14BrN3O/c17-13-10-12(6-7-16(13)21)11-18-14-4-1-2-5-15(14)20-9-3-8-19-20/h1-10,18,21H,11H2. The number of para-hydroxylation sites is 2. The lowest BCUT2D eigenvalue weighted by atomic mass is 10.2. The first kappa shape index (κ1) is 13.7. The summed E-state index contributed by atoms with van der Waals surface area (Å²) in [5, 5.41) is 17.2. The van der Waals surface area contributed by atoms with Crippen LogP contribution in [0.5, 0.6) is 5.75 Å². The first-order chi connectivity index (χ1) is 10.2. The third-order valence-corrected chi connectivity index (χ3v) is 3.79. The third kappa shape index (κ3) is 3.08. The van der Waals surface area contributed by atoms with E-state index in [0.717, 1.165) is 16.9 Å². The summed E-state index contributed by atoms with van der Waals surface area (Å²) in [7, 11) is 0. The van der Waals surface area contributed by atoms with Crippen molar-refractivity contribution >= 4 is 21.6 Å². The molecule has 0 fully saturated rings. The zero-order valence-corrected chi connectivity index (χ0v) is 12.8. The van der Waals surface area contributed by atoms with Gasteiger partial charge in [0.2, 0.25) is 0 Å². The van der Waals surface area contributed by atoms with Gasteiger partial charge in [-0.3, -0.25) is 0 Å². The van der Waals surface area contributed by atoms with E-state index in [1.165, 1.54) is 0 Å². The molecule has 4 nitrogen and oxygen atoms in total. The maximum atomic E-state index is 9.52. The van der Waals surface area contributed by atoms with Crippen LogP contribution in [0.4, 0.5) is 5.69 Å². The van der Waals surface area contributed by atoms with Gasteiger partial charge in [0, 0.05) is 18.9 Å². The molecule has 2 N–H and O–H groups in total.